The van der Waals surface area contributed by atoms with Crippen LogP contribution >= 0.6 is 0 Å². The molecular weight excluding hydrogens is 326 g/mol. The molecule has 0 bridgehead atoms. The van der Waals surface area contributed by atoms with Crippen LogP contribution in [-0.2, 0) is 13.6 Å². The number of fused-ring (bicyclic) bond motifs is 1. The summed E-state index contributed by atoms with van der Waals surface area (Å²) in [7, 11) is 1.83. The van der Waals surface area contributed by atoms with Crippen molar-refractivity contribution in [1.82, 2.24) is 25.1 Å². The molecule has 128 valence electrons. The normalized spacial score (nSPS) is 10.8. The highest BCUT2D eigenvalue weighted by Crippen LogP contribution is 2.28. The van der Waals surface area contributed by atoms with Gasteiger partial charge in [0.15, 0.2) is 0 Å². The van der Waals surface area contributed by atoms with Gasteiger partial charge in [-0.15, -0.1) is 0 Å². The Balaban J connectivity index is 1.70. The summed E-state index contributed by atoms with van der Waals surface area (Å²) in [4.78, 5) is 21.0. The fraction of sp³-hybridized carbons (Fsp3) is 0.100. The molecule has 0 aliphatic rings. The Morgan fingerprint density at radius 3 is 2.58 bits per heavy atom. The van der Waals surface area contributed by atoms with Gasteiger partial charge in [0.05, 0.1) is 11.1 Å². The summed E-state index contributed by atoms with van der Waals surface area (Å²) in [5.41, 5.74) is 4.04. The van der Waals surface area contributed by atoms with Gasteiger partial charge in [-0.05, 0) is 17.7 Å². The fourth-order valence-electron chi connectivity index (χ4n) is 2.99. The topological polar surface area (TPSA) is 72.7 Å². The number of aryl methyl sites for hydroxylation is 1. The lowest BCUT2D eigenvalue weighted by Crippen LogP contribution is -2.23. The van der Waals surface area contributed by atoms with Crippen molar-refractivity contribution in [2.24, 2.45) is 7.05 Å². The van der Waals surface area contributed by atoms with E-state index < -0.39 is 0 Å². The molecule has 3 heterocycles. The zero-order valence-corrected chi connectivity index (χ0v) is 14.3. The fourth-order valence-corrected chi connectivity index (χ4v) is 2.99. The summed E-state index contributed by atoms with van der Waals surface area (Å²) in [6.07, 6.45) is 6.77. The molecule has 1 amide bonds. The molecule has 6 heteroatoms. The number of carbonyl (C=O) groups excluding carboxylic acids is 1. The molecule has 0 fully saturated rings. The number of nitrogens with one attached hydrogen (secondary N) is 1. The van der Waals surface area contributed by atoms with Gasteiger partial charge in [-0.2, -0.15) is 5.10 Å². The second-order valence-corrected chi connectivity index (χ2v) is 5.96. The lowest BCUT2D eigenvalue weighted by Gasteiger charge is -2.07. The van der Waals surface area contributed by atoms with Crippen LogP contribution in [0.1, 0.15) is 15.9 Å². The second kappa shape index (κ2) is 6.76. The van der Waals surface area contributed by atoms with E-state index in [-0.39, 0.29) is 5.91 Å². The Morgan fingerprint density at radius 1 is 1.04 bits per heavy atom. The van der Waals surface area contributed by atoms with Crippen LogP contribution in [0.4, 0.5) is 0 Å². The van der Waals surface area contributed by atoms with Gasteiger partial charge in [0.1, 0.15) is 5.69 Å². The monoisotopic (exact) mass is 343 g/mol. The number of carbonyl (C=O) groups is 1. The van der Waals surface area contributed by atoms with Gasteiger partial charge >= 0.3 is 0 Å². The zero-order valence-electron chi connectivity index (χ0n) is 14.3. The lowest BCUT2D eigenvalue weighted by atomic mass is 10.1. The van der Waals surface area contributed by atoms with Crippen molar-refractivity contribution in [3.8, 4) is 11.3 Å². The molecule has 4 rings (SSSR count). The Bertz CT molecular complexity index is 1060. The molecule has 0 saturated carbocycles. The van der Waals surface area contributed by atoms with Gasteiger partial charge in [-0.3, -0.25) is 19.4 Å². The molecule has 1 aromatic carbocycles. The van der Waals surface area contributed by atoms with Gasteiger partial charge < -0.3 is 5.32 Å². The molecule has 0 atom stereocenters. The molecule has 4 aromatic rings. The van der Waals surface area contributed by atoms with Crippen LogP contribution in [0.2, 0.25) is 0 Å². The summed E-state index contributed by atoms with van der Waals surface area (Å²) in [6, 6.07) is 13.6. The third-order valence-electron chi connectivity index (χ3n) is 4.24. The van der Waals surface area contributed by atoms with E-state index in [1.54, 1.807) is 29.5 Å². The molecule has 0 aliphatic heterocycles. The number of rotatable bonds is 4. The van der Waals surface area contributed by atoms with Crippen LogP contribution < -0.4 is 5.32 Å². The predicted molar refractivity (Wildman–Crippen MR) is 99.4 cm³/mol. The van der Waals surface area contributed by atoms with Crippen molar-refractivity contribution >= 4 is 16.8 Å². The maximum atomic E-state index is 12.7. The maximum absolute atomic E-state index is 12.7. The molecule has 1 N–H and O–H groups in total. The van der Waals surface area contributed by atoms with E-state index >= 15 is 0 Å². The molecule has 3 aromatic heterocycles. The summed E-state index contributed by atoms with van der Waals surface area (Å²) in [6.45, 7) is 0.463. The quantitative estimate of drug-likeness (QED) is 0.618. The van der Waals surface area contributed by atoms with Crippen molar-refractivity contribution in [3.05, 3.63) is 78.4 Å². The molecule has 0 spiro atoms. The van der Waals surface area contributed by atoms with Crippen molar-refractivity contribution < 1.29 is 4.79 Å². The minimum Gasteiger partial charge on any atom is -0.348 e. The Kier molecular flexibility index (Phi) is 4.15. The number of hydrogen-bond acceptors (Lipinski definition) is 4. The number of amides is 1. The van der Waals surface area contributed by atoms with Gasteiger partial charge in [-0.25, -0.2) is 0 Å². The van der Waals surface area contributed by atoms with Gasteiger partial charge in [0.25, 0.3) is 5.91 Å². The smallest absolute Gasteiger partial charge is 0.255 e. The average Bonchev–Trinajstić information content (AvgIpc) is 3.04. The summed E-state index contributed by atoms with van der Waals surface area (Å²) >= 11 is 0. The largest absolute Gasteiger partial charge is 0.348 e. The molecule has 0 unspecified atom stereocenters. The van der Waals surface area contributed by atoms with Crippen LogP contribution in [0.5, 0.6) is 0 Å². The van der Waals surface area contributed by atoms with Crippen molar-refractivity contribution in [2.75, 3.05) is 0 Å². The highest BCUT2D eigenvalue weighted by Gasteiger charge is 2.18. The Hall–Kier alpha value is -3.54. The molecular formula is C20H17N5O. The van der Waals surface area contributed by atoms with E-state index in [9.17, 15) is 4.79 Å². The van der Waals surface area contributed by atoms with Crippen LogP contribution in [0, 0.1) is 0 Å². The number of aromatic nitrogens is 4. The first-order valence-corrected chi connectivity index (χ1v) is 8.27. The van der Waals surface area contributed by atoms with Gasteiger partial charge in [0, 0.05) is 49.3 Å². The summed E-state index contributed by atoms with van der Waals surface area (Å²) in [5, 5.41) is 8.38. The first-order valence-electron chi connectivity index (χ1n) is 8.27. The van der Waals surface area contributed by atoms with Crippen molar-refractivity contribution in [3.63, 3.8) is 0 Å². The van der Waals surface area contributed by atoms with Crippen molar-refractivity contribution in [2.45, 2.75) is 6.54 Å². The van der Waals surface area contributed by atoms with Crippen LogP contribution in [-0.4, -0.2) is 25.7 Å². The maximum Gasteiger partial charge on any atom is 0.255 e. The van der Waals surface area contributed by atoms with E-state index in [0.717, 1.165) is 27.7 Å². The summed E-state index contributed by atoms with van der Waals surface area (Å²) in [5.74, 6) is -0.170. The summed E-state index contributed by atoms with van der Waals surface area (Å²) < 4.78 is 1.73. The highest BCUT2D eigenvalue weighted by molar-refractivity contribution is 6.08. The van der Waals surface area contributed by atoms with Gasteiger partial charge in [-0.1, -0.05) is 30.3 Å². The molecule has 0 saturated heterocycles. The molecule has 0 aliphatic carbocycles. The van der Waals surface area contributed by atoms with Crippen LogP contribution in [0.15, 0.2) is 67.3 Å². The van der Waals surface area contributed by atoms with E-state index in [4.69, 9.17) is 0 Å². The number of benzene rings is 1. The third kappa shape index (κ3) is 2.93. The average molecular weight is 343 g/mol. The highest BCUT2D eigenvalue weighted by atomic mass is 16.1. The first-order chi connectivity index (χ1) is 12.7. The second-order valence-electron chi connectivity index (χ2n) is 5.96. The lowest BCUT2D eigenvalue weighted by molar-refractivity contribution is 0.0952. The minimum absolute atomic E-state index is 0.170. The Morgan fingerprint density at radius 2 is 1.81 bits per heavy atom. The molecule has 26 heavy (non-hydrogen) atoms. The minimum atomic E-state index is -0.170. The van der Waals surface area contributed by atoms with Crippen LogP contribution in [0.3, 0.4) is 0 Å². The molecule has 0 radical (unpaired) electrons. The SMILES string of the molecule is Cn1nc(-c2ccncc2)c2cncc(C(=O)NCc3ccccc3)c21. The van der Waals surface area contributed by atoms with Crippen molar-refractivity contribution in [1.29, 1.82) is 0 Å². The van der Waals surface area contributed by atoms with E-state index in [2.05, 4.69) is 20.4 Å². The zero-order chi connectivity index (χ0) is 17.9. The van der Waals surface area contributed by atoms with Crippen LogP contribution in [0.25, 0.3) is 22.2 Å². The van der Waals surface area contributed by atoms with Gasteiger partial charge in [0.2, 0.25) is 0 Å². The first kappa shape index (κ1) is 16.0. The Labute approximate surface area is 150 Å². The van der Waals surface area contributed by atoms with E-state index in [1.807, 2.05) is 49.5 Å². The predicted octanol–water partition coefficient (Wildman–Crippen LogP) is 2.96. The van der Waals surface area contributed by atoms with E-state index in [0.29, 0.717) is 12.1 Å². The standard InChI is InChI=1S/C20H17N5O/c1-25-19-16(18(24-25)15-7-9-21-10-8-15)12-22-13-17(19)20(26)23-11-14-5-3-2-4-6-14/h2-10,12-13H,11H2,1H3,(H,23,26). The molecule has 6 nitrogen and oxygen atoms in total. The number of pyridine rings is 2. The number of hydrogen-bond donors (Lipinski definition) is 1. The number of nitrogens with zero attached hydrogens (tertiary/aromatic N) is 4. The third-order valence-corrected chi connectivity index (χ3v) is 4.24. The van der Waals surface area contributed by atoms with E-state index in [1.165, 1.54) is 0 Å².